The minimum absolute atomic E-state index is 0.588. The van der Waals surface area contributed by atoms with Crippen molar-refractivity contribution in [1.29, 1.82) is 0 Å². The van der Waals surface area contributed by atoms with Crippen molar-refractivity contribution in [2.24, 2.45) is 5.92 Å². The molecule has 0 N–H and O–H groups in total. The van der Waals surface area contributed by atoms with Crippen molar-refractivity contribution in [1.82, 2.24) is 0 Å². The van der Waals surface area contributed by atoms with Gasteiger partial charge in [-0.15, -0.1) is 0 Å². The molecule has 0 spiro atoms. The minimum Gasteiger partial charge on any atom is -0.286 e. The van der Waals surface area contributed by atoms with Gasteiger partial charge in [0.25, 0.3) is 0 Å². The van der Waals surface area contributed by atoms with Gasteiger partial charge in [-0.1, -0.05) is 32.4 Å². The summed E-state index contributed by atoms with van der Waals surface area (Å²) < 4.78 is 0. The molecule has 61 valence electrons. The van der Waals surface area contributed by atoms with Crippen molar-refractivity contribution in [3.05, 3.63) is 23.8 Å². The Bertz CT molecular complexity index is 166. The van der Waals surface area contributed by atoms with Crippen LogP contribution >= 0.6 is 0 Å². The molecular weight excluding hydrogens is 136 g/mol. The molecule has 0 aliphatic rings. The quantitative estimate of drug-likeness (QED) is 0.446. The number of hydrogen-bond donors (Lipinski definition) is 0. The van der Waals surface area contributed by atoms with Crippen LogP contribution in [0.4, 0.5) is 0 Å². The van der Waals surface area contributed by atoms with E-state index in [-0.39, 0.29) is 0 Å². The summed E-state index contributed by atoms with van der Waals surface area (Å²) in [6, 6.07) is 0. The molecule has 0 heterocycles. The Morgan fingerprint density at radius 2 is 2.27 bits per heavy atom. The van der Waals surface area contributed by atoms with E-state index in [1.165, 1.54) is 6.08 Å². The Hall–Kier alpha value is -0.850. The average Bonchev–Trinajstić information content (AvgIpc) is 2.01. The second-order valence-electron chi connectivity index (χ2n) is 2.75. The average molecular weight is 151 g/mol. The van der Waals surface area contributed by atoms with E-state index < -0.39 is 0 Å². The van der Waals surface area contributed by atoms with Crippen molar-refractivity contribution in [3.63, 3.8) is 0 Å². The zero-order valence-corrected chi connectivity index (χ0v) is 7.42. The largest absolute Gasteiger partial charge is 0.286 e. The molecule has 0 saturated carbocycles. The van der Waals surface area contributed by atoms with Crippen LogP contribution in [0, 0.1) is 5.92 Å². The van der Waals surface area contributed by atoms with Crippen LogP contribution in [-0.2, 0) is 4.79 Å². The number of rotatable bonds is 4. The van der Waals surface area contributed by atoms with Crippen molar-refractivity contribution in [2.75, 3.05) is 0 Å². The summed E-state index contributed by atoms with van der Waals surface area (Å²) >= 11 is 0. The van der Waals surface area contributed by atoms with Gasteiger partial charge in [-0.3, -0.25) is 4.79 Å². The van der Waals surface area contributed by atoms with Gasteiger partial charge < -0.3 is 0 Å². The first-order chi connectivity index (χ1) is 5.20. The molecule has 0 fully saturated rings. The molecule has 0 amide bonds. The van der Waals surface area contributed by atoms with E-state index in [2.05, 4.69) is 19.9 Å². The molecule has 1 nitrogen and oxygen atoms in total. The fourth-order valence-corrected chi connectivity index (χ4v) is 0.593. The molecule has 0 rings (SSSR count). The lowest BCUT2D eigenvalue weighted by atomic mass is 10.1. The third-order valence-corrected chi connectivity index (χ3v) is 1.62. The van der Waals surface area contributed by atoms with Crippen molar-refractivity contribution in [2.45, 2.75) is 27.2 Å². The third-order valence-electron chi connectivity index (χ3n) is 1.62. The predicted molar refractivity (Wildman–Crippen MR) is 48.0 cm³/mol. The maximum atomic E-state index is 9.89. The molecule has 11 heavy (non-hydrogen) atoms. The summed E-state index contributed by atoms with van der Waals surface area (Å²) in [5.74, 6) is 0.588. The van der Waals surface area contributed by atoms with Crippen LogP contribution in [0.1, 0.15) is 27.2 Å². The van der Waals surface area contributed by atoms with Gasteiger partial charge in [-0.2, -0.15) is 0 Å². The van der Waals surface area contributed by atoms with Crippen LogP contribution in [0.15, 0.2) is 23.8 Å². The van der Waals surface area contributed by atoms with Crippen LogP contribution in [0.5, 0.6) is 0 Å². The maximum absolute atomic E-state index is 9.89. The summed E-state index contributed by atoms with van der Waals surface area (Å²) in [5, 5.41) is 0. The Kier molecular flexibility index (Phi) is 5.44. The molecule has 0 aromatic carbocycles. The van der Waals surface area contributed by atoms with E-state index in [1.807, 2.05) is 13.0 Å². The van der Waals surface area contributed by atoms with Crippen molar-refractivity contribution >= 4 is 6.29 Å². The van der Waals surface area contributed by atoms with E-state index in [0.29, 0.717) is 5.92 Å². The highest BCUT2D eigenvalue weighted by Gasteiger charge is 1.89. The van der Waals surface area contributed by atoms with Gasteiger partial charge in [0.2, 0.25) is 6.29 Å². The normalized spacial score (nSPS) is 15.4. The summed E-state index contributed by atoms with van der Waals surface area (Å²) in [6.45, 7) is 6.18. The van der Waals surface area contributed by atoms with Crippen molar-refractivity contribution < 1.29 is 4.79 Å². The fourth-order valence-electron chi connectivity index (χ4n) is 0.593. The smallest absolute Gasteiger partial charge is 0.225 e. The molecule has 0 aromatic rings. The highest BCUT2D eigenvalue weighted by Crippen LogP contribution is 2.04. The van der Waals surface area contributed by atoms with Gasteiger partial charge in [-0.05, 0) is 24.5 Å². The van der Waals surface area contributed by atoms with E-state index in [4.69, 9.17) is 0 Å². The van der Waals surface area contributed by atoms with Gasteiger partial charge in [0.15, 0.2) is 0 Å². The molecule has 0 aromatic heterocycles. The monoisotopic (exact) mass is 151 g/mol. The molecule has 1 unspecified atom stereocenters. The topological polar surface area (TPSA) is 17.1 Å². The van der Waals surface area contributed by atoms with Crippen LogP contribution in [-0.4, -0.2) is 6.29 Å². The summed E-state index contributed by atoms with van der Waals surface area (Å²) in [7, 11) is 0. The van der Waals surface area contributed by atoms with Gasteiger partial charge in [-0.25, -0.2) is 0 Å². The van der Waals surface area contributed by atoms with E-state index in [9.17, 15) is 4.79 Å². The molecular formula is C10H15O. The third kappa shape index (κ3) is 5.59. The maximum Gasteiger partial charge on any atom is 0.225 e. The first kappa shape index (κ1) is 10.2. The Morgan fingerprint density at radius 1 is 1.64 bits per heavy atom. The highest BCUT2D eigenvalue weighted by molar-refractivity contribution is 5.67. The molecule has 1 radical (unpaired) electrons. The van der Waals surface area contributed by atoms with Gasteiger partial charge >= 0.3 is 0 Å². The number of allylic oxidation sites excluding steroid dienone is 4. The van der Waals surface area contributed by atoms with E-state index in [1.54, 1.807) is 6.29 Å². The van der Waals surface area contributed by atoms with Crippen LogP contribution < -0.4 is 0 Å². The summed E-state index contributed by atoms with van der Waals surface area (Å²) in [5.41, 5.74) is 0.959. The van der Waals surface area contributed by atoms with E-state index >= 15 is 0 Å². The lowest BCUT2D eigenvalue weighted by Gasteiger charge is -1.98. The Morgan fingerprint density at radius 3 is 2.73 bits per heavy atom. The molecule has 0 saturated heterocycles. The SMILES string of the molecule is CCC(C)/C=C/C(C)=C/[C]=O. The molecule has 0 aliphatic heterocycles. The second-order valence-corrected chi connectivity index (χ2v) is 2.75. The van der Waals surface area contributed by atoms with Gasteiger partial charge in [0, 0.05) is 0 Å². The molecule has 1 heteroatoms. The predicted octanol–water partition coefficient (Wildman–Crippen LogP) is 2.64. The number of hydrogen-bond acceptors (Lipinski definition) is 1. The highest BCUT2D eigenvalue weighted by atomic mass is 16.1. The van der Waals surface area contributed by atoms with Crippen LogP contribution in [0.3, 0.4) is 0 Å². The Balaban J connectivity index is 3.91. The second kappa shape index (κ2) is 5.90. The molecule has 0 aliphatic carbocycles. The van der Waals surface area contributed by atoms with E-state index in [0.717, 1.165) is 12.0 Å². The first-order valence-electron chi connectivity index (χ1n) is 3.93. The number of carbonyl (C=O) groups excluding carboxylic acids is 1. The fraction of sp³-hybridized carbons (Fsp3) is 0.500. The standard InChI is InChI=1S/C10H15O/c1-4-9(2)5-6-10(3)7-8-11/h5-7,9H,4H2,1-3H3/b6-5+,10-7+. The zero-order chi connectivity index (χ0) is 8.69. The minimum atomic E-state index is 0.588. The van der Waals surface area contributed by atoms with Gasteiger partial charge in [0.1, 0.15) is 0 Å². The Labute approximate surface area is 68.8 Å². The van der Waals surface area contributed by atoms with Crippen LogP contribution in [0.25, 0.3) is 0 Å². The lowest BCUT2D eigenvalue weighted by molar-refractivity contribution is 0.564. The lowest BCUT2D eigenvalue weighted by Crippen LogP contribution is -1.84. The van der Waals surface area contributed by atoms with Crippen LogP contribution in [0.2, 0.25) is 0 Å². The molecule has 1 atom stereocenters. The first-order valence-corrected chi connectivity index (χ1v) is 3.93. The van der Waals surface area contributed by atoms with Gasteiger partial charge in [0.05, 0.1) is 0 Å². The van der Waals surface area contributed by atoms with Crippen molar-refractivity contribution in [3.8, 4) is 0 Å². The summed E-state index contributed by atoms with van der Waals surface area (Å²) in [4.78, 5) is 9.89. The zero-order valence-electron chi connectivity index (χ0n) is 7.42. The summed E-state index contributed by atoms with van der Waals surface area (Å²) in [6.07, 6.45) is 8.38. The molecule has 0 bridgehead atoms.